The van der Waals surface area contributed by atoms with Gasteiger partial charge in [-0.2, -0.15) is 0 Å². The van der Waals surface area contributed by atoms with Crippen LogP contribution in [-0.4, -0.2) is 35.2 Å². The number of fused-ring (bicyclic) bond motifs is 1. The quantitative estimate of drug-likeness (QED) is 0.254. The standard InChI is InChI=1S/C25H23N3O6S/c1-2-23(25(30)27-18-8-11-21-22(15-18)34-13-12-33-21)35-20-5-3-4-17(14-20)26-24(29)16-6-9-19(10-7-16)28(31)32/h3-11,14-15,23H,2,12-13H2,1H3,(H,26,29)(H,27,30). The Kier molecular flexibility index (Phi) is 7.51. The first-order chi connectivity index (χ1) is 16.9. The predicted octanol–water partition coefficient (Wildman–Crippen LogP) is 5.13. The third-order valence-corrected chi connectivity index (χ3v) is 6.54. The van der Waals surface area contributed by atoms with Crippen LogP contribution in [0.25, 0.3) is 0 Å². The van der Waals surface area contributed by atoms with Gasteiger partial charge in [0.15, 0.2) is 11.5 Å². The number of non-ortho nitro benzene ring substituents is 1. The highest BCUT2D eigenvalue weighted by atomic mass is 32.2. The molecule has 0 fully saturated rings. The van der Waals surface area contributed by atoms with Gasteiger partial charge in [-0.15, -0.1) is 11.8 Å². The average molecular weight is 494 g/mol. The summed E-state index contributed by atoms with van der Waals surface area (Å²) in [6.45, 7) is 2.90. The molecular weight excluding hydrogens is 470 g/mol. The van der Waals surface area contributed by atoms with Gasteiger partial charge in [-0.25, -0.2) is 0 Å². The minimum atomic E-state index is -0.517. The van der Waals surface area contributed by atoms with Crippen LogP contribution < -0.4 is 20.1 Å². The molecule has 35 heavy (non-hydrogen) atoms. The van der Waals surface area contributed by atoms with Crippen molar-refractivity contribution in [2.45, 2.75) is 23.5 Å². The maximum absolute atomic E-state index is 12.9. The number of nitrogens with one attached hydrogen (secondary N) is 2. The van der Waals surface area contributed by atoms with Crippen LogP contribution in [0.1, 0.15) is 23.7 Å². The molecule has 0 saturated heterocycles. The zero-order chi connectivity index (χ0) is 24.8. The molecule has 0 aromatic heterocycles. The molecule has 1 heterocycles. The lowest BCUT2D eigenvalue weighted by molar-refractivity contribution is -0.384. The third kappa shape index (κ3) is 6.10. The van der Waals surface area contributed by atoms with Crippen molar-refractivity contribution in [1.29, 1.82) is 0 Å². The molecule has 1 unspecified atom stereocenters. The van der Waals surface area contributed by atoms with Crippen LogP contribution in [0.2, 0.25) is 0 Å². The highest BCUT2D eigenvalue weighted by Gasteiger charge is 2.20. The second-order valence-electron chi connectivity index (χ2n) is 7.65. The lowest BCUT2D eigenvalue weighted by Crippen LogP contribution is -2.24. The van der Waals surface area contributed by atoms with Crippen molar-refractivity contribution in [3.05, 3.63) is 82.4 Å². The summed E-state index contributed by atoms with van der Waals surface area (Å²) >= 11 is 1.39. The molecule has 0 saturated carbocycles. The van der Waals surface area contributed by atoms with E-state index < -0.39 is 4.92 Å². The molecule has 10 heteroatoms. The Hall–Kier alpha value is -4.05. The number of nitro benzene ring substituents is 1. The fourth-order valence-electron chi connectivity index (χ4n) is 3.42. The van der Waals surface area contributed by atoms with E-state index in [-0.39, 0.29) is 22.8 Å². The monoisotopic (exact) mass is 493 g/mol. The van der Waals surface area contributed by atoms with Crippen molar-refractivity contribution in [1.82, 2.24) is 0 Å². The van der Waals surface area contributed by atoms with Crippen LogP contribution in [0.5, 0.6) is 11.5 Å². The normalized spacial score (nSPS) is 12.9. The summed E-state index contributed by atoms with van der Waals surface area (Å²) in [5.74, 6) is 0.731. The molecule has 0 radical (unpaired) electrons. The summed E-state index contributed by atoms with van der Waals surface area (Å²) in [5.41, 5.74) is 1.40. The second kappa shape index (κ2) is 10.9. The summed E-state index contributed by atoms with van der Waals surface area (Å²) in [7, 11) is 0. The molecule has 1 atom stereocenters. The van der Waals surface area contributed by atoms with Crippen molar-refractivity contribution in [2.75, 3.05) is 23.8 Å². The van der Waals surface area contributed by atoms with Gasteiger partial charge < -0.3 is 20.1 Å². The number of ether oxygens (including phenoxy) is 2. The predicted molar refractivity (Wildman–Crippen MR) is 133 cm³/mol. The number of thioether (sulfide) groups is 1. The first-order valence-electron chi connectivity index (χ1n) is 11.0. The lowest BCUT2D eigenvalue weighted by atomic mass is 10.2. The van der Waals surface area contributed by atoms with E-state index in [1.165, 1.54) is 36.0 Å². The number of benzene rings is 3. The summed E-state index contributed by atoms with van der Waals surface area (Å²) < 4.78 is 11.1. The Morgan fingerprint density at radius 2 is 1.69 bits per heavy atom. The number of hydrogen-bond donors (Lipinski definition) is 2. The minimum Gasteiger partial charge on any atom is -0.486 e. The summed E-state index contributed by atoms with van der Waals surface area (Å²) in [5, 5.41) is 16.2. The van der Waals surface area contributed by atoms with Gasteiger partial charge in [-0.1, -0.05) is 13.0 Å². The van der Waals surface area contributed by atoms with Crippen LogP contribution in [0, 0.1) is 10.1 Å². The van der Waals surface area contributed by atoms with Crippen molar-refractivity contribution in [2.24, 2.45) is 0 Å². The van der Waals surface area contributed by atoms with Gasteiger partial charge in [0.2, 0.25) is 5.91 Å². The van der Waals surface area contributed by atoms with Gasteiger partial charge in [0.25, 0.3) is 11.6 Å². The molecule has 0 aliphatic carbocycles. The first-order valence-corrected chi connectivity index (χ1v) is 11.8. The second-order valence-corrected chi connectivity index (χ2v) is 8.92. The highest BCUT2D eigenvalue weighted by Crippen LogP contribution is 2.33. The number of rotatable bonds is 8. The van der Waals surface area contributed by atoms with Gasteiger partial charge in [-0.3, -0.25) is 19.7 Å². The van der Waals surface area contributed by atoms with Gasteiger partial charge in [-0.05, 0) is 48.9 Å². The molecule has 9 nitrogen and oxygen atoms in total. The Labute approximate surface area is 206 Å². The van der Waals surface area contributed by atoms with E-state index in [0.29, 0.717) is 48.1 Å². The molecule has 2 amide bonds. The lowest BCUT2D eigenvalue weighted by Gasteiger charge is -2.20. The molecule has 2 N–H and O–H groups in total. The Balaban J connectivity index is 1.39. The number of amides is 2. The van der Waals surface area contributed by atoms with E-state index in [9.17, 15) is 19.7 Å². The molecular formula is C25H23N3O6S. The molecule has 1 aliphatic rings. The van der Waals surface area contributed by atoms with Crippen molar-refractivity contribution in [3.8, 4) is 11.5 Å². The van der Waals surface area contributed by atoms with Gasteiger partial charge in [0, 0.05) is 40.0 Å². The molecule has 180 valence electrons. The Morgan fingerprint density at radius 1 is 0.971 bits per heavy atom. The Morgan fingerprint density at radius 3 is 2.40 bits per heavy atom. The highest BCUT2D eigenvalue weighted by molar-refractivity contribution is 8.00. The van der Waals surface area contributed by atoms with Crippen molar-refractivity contribution < 1.29 is 24.0 Å². The molecule has 3 aromatic rings. The molecule has 0 spiro atoms. The van der Waals surface area contributed by atoms with E-state index in [2.05, 4.69) is 10.6 Å². The van der Waals surface area contributed by atoms with Crippen molar-refractivity contribution in [3.63, 3.8) is 0 Å². The van der Waals surface area contributed by atoms with Crippen LogP contribution in [0.4, 0.5) is 17.1 Å². The molecule has 4 rings (SSSR count). The summed E-state index contributed by atoms with van der Waals surface area (Å²) in [6.07, 6.45) is 0.598. The fraction of sp³-hybridized carbons (Fsp3) is 0.200. The number of nitro groups is 1. The van der Waals surface area contributed by atoms with Crippen LogP contribution in [-0.2, 0) is 4.79 Å². The third-order valence-electron chi connectivity index (χ3n) is 5.18. The maximum atomic E-state index is 12.9. The fourth-order valence-corrected chi connectivity index (χ4v) is 4.43. The average Bonchev–Trinajstić information content (AvgIpc) is 2.87. The number of nitrogens with zero attached hydrogens (tertiary/aromatic N) is 1. The molecule has 3 aromatic carbocycles. The van der Waals surface area contributed by atoms with Crippen molar-refractivity contribution >= 4 is 40.6 Å². The summed E-state index contributed by atoms with van der Waals surface area (Å²) in [6, 6.07) is 17.9. The van der Waals surface area contributed by atoms with Gasteiger partial charge in [0.1, 0.15) is 13.2 Å². The largest absolute Gasteiger partial charge is 0.486 e. The van der Waals surface area contributed by atoms with E-state index in [0.717, 1.165) is 4.90 Å². The molecule has 0 bridgehead atoms. The van der Waals surface area contributed by atoms with E-state index >= 15 is 0 Å². The smallest absolute Gasteiger partial charge is 0.269 e. The first kappa shape index (κ1) is 24.1. The maximum Gasteiger partial charge on any atom is 0.269 e. The SMILES string of the molecule is CCC(Sc1cccc(NC(=O)c2ccc([N+](=O)[O-])cc2)c1)C(=O)Nc1ccc2c(c1)OCCO2. The minimum absolute atomic E-state index is 0.0833. The van der Waals surface area contributed by atoms with Crippen LogP contribution in [0.15, 0.2) is 71.6 Å². The van der Waals surface area contributed by atoms with Gasteiger partial charge >= 0.3 is 0 Å². The van der Waals surface area contributed by atoms with E-state index in [1.807, 2.05) is 13.0 Å². The number of carbonyl (C=O) groups is 2. The number of hydrogen-bond acceptors (Lipinski definition) is 7. The van der Waals surface area contributed by atoms with Gasteiger partial charge in [0.05, 0.1) is 10.2 Å². The van der Waals surface area contributed by atoms with E-state index in [1.54, 1.807) is 36.4 Å². The van der Waals surface area contributed by atoms with Crippen LogP contribution >= 0.6 is 11.8 Å². The van der Waals surface area contributed by atoms with E-state index in [4.69, 9.17) is 9.47 Å². The topological polar surface area (TPSA) is 120 Å². The summed E-state index contributed by atoms with van der Waals surface area (Å²) in [4.78, 5) is 36.5. The zero-order valence-electron chi connectivity index (χ0n) is 18.9. The molecule has 1 aliphatic heterocycles. The zero-order valence-corrected chi connectivity index (χ0v) is 19.7. The van der Waals surface area contributed by atoms with Crippen LogP contribution in [0.3, 0.4) is 0 Å². The number of carbonyl (C=O) groups excluding carboxylic acids is 2. The number of anilines is 2. The Bertz CT molecular complexity index is 1250.